The van der Waals surface area contributed by atoms with E-state index in [-0.39, 0.29) is 11.2 Å². The number of benzene rings is 1. The molecule has 7 heteroatoms. The maximum Gasteiger partial charge on any atom is 0.237 e. The van der Waals surface area contributed by atoms with Crippen molar-refractivity contribution >= 4 is 35.0 Å². The zero-order valence-corrected chi connectivity index (χ0v) is 15.6. The molecule has 5 nitrogen and oxygen atoms in total. The molecule has 1 unspecified atom stereocenters. The minimum Gasteiger partial charge on any atom is -0.325 e. The second-order valence-electron chi connectivity index (χ2n) is 6.02. The molecule has 0 bridgehead atoms. The molecule has 1 amide bonds. The lowest BCUT2D eigenvalue weighted by molar-refractivity contribution is -0.115. The van der Waals surface area contributed by atoms with E-state index in [1.54, 1.807) is 0 Å². The fourth-order valence-corrected chi connectivity index (χ4v) is 3.61. The Morgan fingerprint density at radius 1 is 1.46 bits per heavy atom. The van der Waals surface area contributed by atoms with Crippen LogP contribution in [-0.2, 0) is 11.3 Å². The predicted molar refractivity (Wildman–Crippen MR) is 97.8 cm³/mol. The monoisotopic (exact) mass is 364 g/mol. The lowest BCUT2D eigenvalue weighted by atomic mass is 10.2. The van der Waals surface area contributed by atoms with Crippen molar-refractivity contribution in [3.8, 4) is 0 Å². The molecule has 1 aromatic carbocycles. The van der Waals surface area contributed by atoms with Crippen molar-refractivity contribution in [2.75, 3.05) is 5.32 Å². The third kappa shape index (κ3) is 3.59. The molecule has 3 rings (SSSR count). The van der Waals surface area contributed by atoms with Gasteiger partial charge in [0.15, 0.2) is 5.16 Å². The van der Waals surface area contributed by atoms with Crippen molar-refractivity contribution in [1.82, 2.24) is 14.8 Å². The summed E-state index contributed by atoms with van der Waals surface area (Å²) in [5.74, 6) is 1.53. The number of rotatable bonds is 6. The molecule has 128 valence electrons. The number of aromatic nitrogens is 3. The second kappa shape index (κ2) is 7.15. The first-order valence-corrected chi connectivity index (χ1v) is 9.42. The summed E-state index contributed by atoms with van der Waals surface area (Å²) in [5.41, 5.74) is 1.62. The first kappa shape index (κ1) is 17.3. The maximum atomic E-state index is 12.5. The highest BCUT2D eigenvalue weighted by Crippen LogP contribution is 2.40. The summed E-state index contributed by atoms with van der Waals surface area (Å²) in [4.78, 5) is 12.5. The van der Waals surface area contributed by atoms with Gasteiger partial charge in [0.05, 0.1) is 5.25 Å². The van der Waals surface area contributed by atoms with Crippen LogP contribution >= 0.6 is 23.4 Å². The molecule has 0 saturated heterocycles. The van der Waals surface area contributed by atoms with Gasteiger partial charge in [-0.2, -0.15) is 0 Å². The van der Waals surface area contributed by atoms with E-state index in [4.69, 9.17) is 11.6 Å². The van der Waals surface area contributed by atoms with Crippen molar-refractivity contribution in [3.63, 3.8) is 0 Å². The van der Waals surface area contributed by atoms with Crippen LogP contribution in [0.25, 0.3) is 0 Å². The summed E-state index contributed by atoms with van der Waals surface area (Å²) in [6, 6.07) is 5.50. The number of nitrogens with zero attached hydrogens (tertiary/aromatic N) is 3. The number of anilines is 1. The van der Waals surface area contributed by atoms with E-state index in [9.17, 15) is 4.79 Å². The zero-order chi connectivity index (χ0) is 17.3. The van der Waals surface area contributed by atoms with E-state index in [0.29, 0.717) is 10.9 Å². The molecule has 1 fully saturated rings. The minimum absolute atomic E-state index is 0.0657. The van der Waals surface area contributed by atoms with Crippen molar-refractivity contribution in [1.29, 1.82) is 0 Å². The number of amides is 1. The van der Waals surface area contributed by atoms with Crippen molar-refractivity contribution in [2.45, 2.75) is 56.5 Å². The molecule has 1 heterocycles. The molecular weight excluding hydrogens is 344 g/mol. The van der Waals surface area contributed by atoms with Gasteiger partial charge in [-0.3, -0.25) is 4.79 Å². The Bertz CT molecular complexity index is 757. The van der Waals surface area contributed by atoms with Gasteiger partial charge in [-0.1, -0.05) is 29.4 Å². The number of halogens is 1. The van der Waals surface area contributed by atoms with Gasteiger partial charge < -0.3 is 9.88 Å². The molecule has 0 radical (unpaired) electrons. The fraction of sp³-hybridized carbons (Fsp3) is 0.471. The van der Waals surface area contributed by atoms with E-state index in [0.717, 1.165) is 28.8 Å². The van der Waals surface area contributed by atoms with Gasteiger partial charge in [-0.15, -0.1) is 10.2 Å². The molecule has 2 aromatic rings. The largest absolute Gasteiger partial charge is 0.325 e. The van der Waals surface area contributed by atoms with Gasteiger partial charge in [0.1, 0.15) is 5.82 Å². The number of nitrogens with one attached hydrogen (secondary N) is 1. The van der Waals surface area contributed by atoms with Crippen molar-refractivity contribution in [3.05, 3.63) is 34.6 Å². The maximum absolute atomic E-state index is 12.5. The highest BCUT2D eigenvalue weighted by molar-refractivity contribution is 8.00. The Morgan fingerprint density at radius 2 is 2.21 bits per heavy atom. The molecule has 0 spiro atoms. The average Bonchev–Trinajstić information content (AvgIpc) is 3.33. The molecule has 1 aromatic heterocycles. The van der Waals surface area contributed by atoms with Crippen LogP contribution in [-0.4, -0.2) is 25.9 Å². The van der Waals surface area contributed by atoms with Crippen LogP contribution in [0.3, 0.4) is 0 Å². The zero-order valence-electron chi connectivity index (χ0n) is 14.0. The predicted octanol–water partition coefficient (Wildman–Crippen LogP) is 4.26. The van der Waals surface area contributed by atoms with Crippen LogP contribution in [0.5, 0.6) is 0 Å². The molecule has 1 N–H and O–H groups in total. The molecule has 1 aliphatic carbocycles. The van der Waals surface area contributed by atoms with Gasteiger partial charge in [-0.25, -0.2) is 0 Å². The third-order valence-corrected chi connectivity index (χ3v) is 5.67. The third-order valence-electron chi connectivity index (χ3n) is 4.18. The van der Waals surface area contributed by atoms with Crippen LogP contribution < -0.4 is 5.32 Å². The van der Waals surface area contributed by atoms with E-state index < -0.39 is 0 Å². The van der Waals surface area contributed by atoms with Gasteiger partial charge >= 0.3 is 0 Å². The highest BCUT2D eigenvalue weighted by atomic mass is 35.5. The van der Waals surface area contributed by atoms with E-state index in [1.807, 2.05) is 32.0 Å². The highest BCUT2D eigenvalue weighted by Gasteiger charge is 2.30. The van der Waals surface area contributed by atoms with Gasteiger partial charge in [0.2, 0.25) is 5.91 Å². The molecule has 1 aliphatic rings. The molecule has 0 aliphatic heterocycles. The number of hydrogen-bond donors (Lipinski definition) is 1. The van der Waals surface area contributed by atoms with Crippen LogP contribution in [0, 0.1) is 6.92 Å². The van der Waals surface area contributed by atoms with E-state index in [1.165, 1.54) is 24.6 Å². The number of hydrogen-bond acceptors (Lipinski definition) is 4. The quantitative estimate of drug-likeness (QED) is 0.778. The average molecular weight is 365 g/mol. The van der Waals surface area contributed by atoms with Crippen molar-refractivity contribution < 1.29 is 4.79 Å². The fourth-order valence-electron chi connectivity index (χ4n) is 2.52. The van der Waals surface area contributed by atoms with Gasteiger partial charge in [-0.05, 0) is 51.3 Å². The van der Waals surface area contributed by atoms with Crippen LogP contribution in [0.4, 0.5) is 5.69 Å². The Balaban J connectivity index is 1.69. The Morgan fingerprint density at radius 3 is 2.88 bits per heavy atom. The molecule has 1 saturated carbocycles. The Hall–Kier alpha value is -1.53. The first-order valence-electron chi connectivity index (χ1n) is 8.17. The summed E-state index contributed by atoms with van der Waals surface area (Å²) in [6.45, 7) is 6.68. The summed E-state index contributed by atoms with van der Waals surface area (Å²) in [6.07, 6.45) is 2.37. The van der Waals surface area contributed by atoms with E-state index >= 15 is 0 Å². The minimum atomic E-state index is -0.273. The van der Waals surface area contributed by atoms with Gasteiger partial charge in [0, 0.05) is 23.2 Å². The lowest BCUT2D eigenvalue weighted by Crippen LogP contribution is -2.23. The number of carbonyl (C=O) groups is 1. The number of thioether (sulfide) groups is 1. The number of carbonyl (C=O) groups excluding carboxylic acids is 1. The molecular formula is C17H21ClN4OS. The summed E-state index contributed by atoms with van der Waals surface area (Å²) < 4.78 is 2.12. The lowest BCUT2D eigenvalue weighted by Gasteiger charge is -2.14. The van der Waals surface area contributed by atoms with E-state index in [2.05, 4.69) is 27.0 Å². The second-order valence-corrected chi connectivity index (χ2v) is 7.74. The standard InChI is InChI=1S/C17H21ClN4OS/c1-4-22-15(12-8-9-12)20-21-17(22)24-11(3)16(23)19-14-7-5-6-13(18)10(14)2/h5-7,11-12H,4,8-9H2,1-3H3,(H,19,23). The normalized spacial score (nSPS) is 15.3. The van der Waals surface area contributed by atoms with Crippen LogP contribution in [0.1, 0.15) is 44.0 Å². The topological polar surface area (TPSA) is 59.8 Å². The molecule has 1 atom stereocenters. The SMILES string of the molecule is CCn1c(SC(C)C(=O)Nc2cccc(Cl)c2C)nnc1C1CC1. The summed E-state index contributed by atoms with van der Waals surface area (Å²) >= 11 is 7.55. The van der Waals surface area contributed by atoms with Gasteiger partial charge in [0.25, 0.3) is 0 Å². The van der Waals surface area contributed by atoms with Crippen LogP contribution in [0.15, 0.2) is 23.4 Å². The summed E-state index contributed by atoms with van der Waals surface area (Å²) in [5, 5.41) is 12.7. The summed E-state index contributed by atoms with van der Waals surface area (Å²) in [7, 11) is 0. The Kier molecular flexibility index (Phi) is 5.15. The molecule has 24 heavy (non-hydrogen) atoms. The Labute approximate surface area is 151 Å². The van der Waals surface area contributed by atoms with Crippen LogP contribution in [0.2, 0.25) is 5.02 Å². The van der Waals surface area contributed by atoms with Crippen molar-refractivity contribution in [2.24, 2.45) is 0 Å². The first-order chi connectivity index (χ1) is 11.5. The smallest absolute Gasteiger partial charge is 0.237 e.